The molecule has 2 heterocycles. The summed E-state index contributed by atoms with van der Waals surface area (Å²) in [6.07, 6.45) is 2.90. The molecule has 0 bridgehead atoms. The Morgan fingerprint density at radius 3 is 2.52 bits per heavy atom. The van der Waals surface area contributed by atoms with Gasteiger partial charge in [0.25, 0.3) is 0 Å². The number of nitrogens with two attached hydrogens (primary N) is 1. The van der Waals surface area contributed by atoms with Gasteiger partial charge in [0.1, 0.15) is 11.5 Å². The number of aromatic nitrogens is 2. The third kappa shape index (κ3) is 3.27. The van der Waals surface area contributed by atoms with E-state index in [0.717, 1.165) is 23.5 Å². The van der Waals surface area contributed by atoms with Gasteiger partial charge < -0.3 is 10.1 Å². The number of pyridine rings is 1. The minimum absolute atomic E-state index is 0.263. The Bertz CT molecular complexity index is 803. The van der Waals surface area contributed by atoms with E-state index >= 15 is 0 Å². The number of fused-ring (bicyclic) bond motifs is 1. The molecule has 0 fully saturated rings. The first-order chi connectivity index (χ1) is 11.1. The molecule has 0 aliphatic rings. The van der Waals surface area contributed by atoms with Crippen molar-refractivity contribution in [2.45, 2.75) is 32.6 Å². The summed E-state index contributed by atoms with van der Waals surface area (Å²) in [4.78, 5) is 4.67. The van der Waals surface area contributed by atoms with E-state index in [1.54, 1.807) is 6.07 Å². The quantitative estimate of drug-likeness (QED) is 0.781. The lowest BCUT2D eigenvalue weighted by Crippen LogP contribution is -2.08. The molecular formula is C19H22FN3. The number of benzene rings is 1. The van der Waals surface area contributed by atoms with Crippen LogP contribution < -0.4 is 5.73 Å². The van der Waals surface area contributed by atoms with E-state index in [9.17, 15) is 4.39 Å². The van der Waals surface area contributed by atoms with Crippen LogP contribution in [0.5, 0.6) is 0 Å². The number of hydrogen-bond donors (Lipinski definition) is 1. The third-order valence-electron chi connectivity index (χ3n) is 4.16. The van der Waals surface area contributed by atoms with Gasteiger partial charge in [0.2, 0.25) is 0 Å². The molecule has 0 unspecified atom stereocenters. The SMILES string of the molecule is CC(C)c1ccc(Cc2nc3ccc(F)cn3c2CCN)cc1. The maximum atomic E-state index is 13.5. The normalized spacial score (nSPS) is 11.5. The van der Waals surface area contributed by atoms with E-state index in [4.69, 9.17) is 5.73 Å². The molecule has 23 heavy (non-hydrogen) atoms. The molecule has 2 aromatic heterocycles. The van der Waals surface area contributed by atoms with E-state index in [-0.39, 0.29) is 5.82 Å². The molecule has 0 aliphatic carbocycles. The summed E-state index contributed by atoms with van der Waals surface area (Å²) in [6, 6.07) is 11.8. The van der Waals surface area contributed by atoms with Gasteiger partial charge >= 0.3 is 0 Å². The topological polar surface area (TPSA) is 43.3 Å². The van der Waals surface area contributed by atoms with Crippen molar-refractivity contribution in [3.05, 3.63) is 70.9 Å². The monoisotopic (exact) mass is 311 g/mol. The van der Waals surface area contributed by atoms with E-state index < -0.39 is 0 Å². The van der Waals surface area contributed by atoms with Gasteiger partial charge in [-0.15, -0.1) is 0 Å². The first-order valence-corrected chi connectivity index (χ1v) is 8.02. The molecule has 3 rings (SSSR count). The molecule has 3 nitrogen and oxygen atoms in total. The Balaban J connectivity index is 1.96. The van der Waals surface area contributed by atoms with Crippen LogP contribution in [0.1, 0.15) is 42.3 Å². The van der Waals surface area contributed by atoms with Crippen molar-refractivity contribution < 1.29 is 4.39 Å². The molecule has 0 radical (unpaired) electrons. The Kier molecular flexibility index (Phi) is 4.44. The zero-order valence-electron chi connectivity index (χ0n) is 13.6. The predicted molar refractivity (Wildman–Crippen MR) is 91.2 cm³/mol. The van der Waals surface area contributed by atoms with Crippen LogP contribution in [0, 0.1) is 5.82 Å². The van der Waals surface area contributed by atoms with Gasteiger partial charge in [-0.3, -0.25) is 0 Å². The number of nitrogens with zero attached hydrogens (tertiary/aromatic N) is 2. The maximum Gasteiger partial charge on any atom is 0.139 e. The molecule has 0 saturated heterocycles. The van der Waals surface area contributed by atoms with Crippen molar-refractivity contribution in [2.75, 3.05) is 6.54 Å². The lowest BCUT2D eigenvalue weighted by atomic mass is 10.00. The summed E-state index contributed by atoms with van der Waals surface area (Å²) in [5.41, 5.74) is 11.0. The first kappa shape index (κ1) is 15.7. The van der Waals surface area contributed by atoms with Crippen molar-refractivity contribution in [3.8, 4) is 0 Å². The molecule has 1 aromatic carbocycles. The Labute approximate surface area is 136 Å². The van der Waals surface area contributed by atoms with Crippen LogP contribution in [0.4, 0.5) is 4.39 Å². The van der Waals surface area contributed by atoms with Crippen molar-refractivity contribution >= 4 is 5.65 Å². The minimum atomic E-state index is -0.263. The molecule has 120 valence electrons. The highest BCUT2D eigenvalue weighted by Crippen LogP contribution is 2.20. The van der Waals surface area contributed by atoms with Gasteiger partial charge in [-0.1, -0.05) is 38.1 Å². The third-order valence-corrected chi connectivity index (χ3v) is 4.16. The van der Waals surface area contributed by atoms with E-state index in [2.05, 4.69) is 43.1 Å². The highest BCUT2D eigenvalue weighted by Gasteiger charge is 2.13. The average Bonchev–Trinajstić information content (AvgIpc) is 2.85. The Morgan fingerprint density at radius 2 is 1.87 bits per heavy atom. The summed E-state index contributed by atoms with van der Waals surface area (Å²) in [5.74, 6) is 0.260. The molecule has 0 aliphatic heterocycles. The lowest BCUT2D eigenvalue weighted by molar-refractivity contribution is 0.617. The molecule has 0 saturated carbocycles. The standard InChI is InChI=1S/C19H22FN3/c1-13(2)15-5-3-14(4-6-15)11-17-18(9-10-21)23-12-16(20)7-8-19(23)22-17/h3-8,12-13H,9-11,21H2,1-2H3. The van der Waals surface area contributed by atoms with Gasteiger partial charge in [-0.05, 0) is 35.7 Å². The van der Waals surface area contributed by atoms with Crippen LogP contribution in [0.15, 0.2) is 42.6 Å². The lowest BCUT2D eigenvalue weighted by Gasteiger charge is -2.07. The zero-order chi connectivity index (χ0) is 16.4. The number of hydrogen-bond acceptors (Lipinski definition) is 2. The average molecular weight is 311 g/mol. The summed E-state index contributed by atoms with van der Waals surface area (Å²) < 4.78 is 15.4. The smallest absolute Gasteiger partial charge is 0.139 e. The highest BCUT2D eigenvalue weighted by molar-refractivity contribution is 5.45. The molecule has 2 N–H and O–H groups in total. The second-order valence-electron chi connectivity index (χ2n) is 6.19. The summed E-state index contributed by atoms with van der Waals surface area (Å²) in [7, 11) is 0. The van der Waals surface area contributed by atoms with Gasteiger partial charge in [0.05, 0.1) is 5.69 Å². The maximum absolute atomic E-state index is 13.5. The second kappa shape index (κ2) is 6.50. The van der Waals surface area contributed by atoms with Gasteiger partial charge in [0, 0.05) is 24.7 Å². The molecule has 4 heteroatoms. The van der Waals surface area contributed by atoms with Crippen molar-refractivity contribution in [2.24, 2.45) is 5.73 Å². The molecule has 3 aromatic rings. The molecule has 0 spiro atoms. The predicted octanol–water partition coefficient (Wildman–Crippen LogP) is 3.69. The Morgan fingerprint density at radius 1 is 1.13 bits per heavy atom. The van der Waals surface area contributed by atoms with Crippen LogP contribution >= 0.6 is 0 Å². The summed E-state index contributed by atoms with van der Waals surface area (Å²) in [6.45, 7) is 4.89. The van der Waals surface area contributed by atoms with Crippen LogP contribution in [-0.2, 0) is 12.8 Å². The van der Waals surface area contributed by atoms with Crippen molar-refractivity contribution in [1.29, 1.82) is 0 Å². The highest BCUT2D eigenvalue weighted by atomic mass is 19.1. The molecule has 0 atom stereocenters. The van der Waals surface area contributed by atoms with Gasteiger partial charge in [-0.2, -0.15) is 0 Å². The van der Waals surface area contributed by atoms with Crippen molar-refractivity contribution in [1.82, 2.24) is 9.38 Å². The van der Waals surface area contributed by atoms with Crippen LogP contribution in [0.2, 0.25) is 0 Å². The van der Waals surface area contributed by atoms with E-state index in [0.29, 0.717) is 18.9 Å². The fourth-order valence-corrected chi connectivity index (χ4v) is 2.87. The number of halogens is 1. The van der Waals surface area contributed by atoms with Crippen molar-refractivity contribution in [3.63, 3.8) is 0 Å². The number of imidazole rings is 1. The van der Waals surface area contributed by atoms with Gasteiger partial charge in [-0.25, -0.2) is 9.37 Å². The largest absolute Gasteiger partial charge is 0.330 e. The zero-order valence-corrected chi connectivity index (χ0v) is 13.6. The summed E-state index contributed by atoms with van der Waals surface area (Å²) >= 11 is 0. The molecule has 0 amide bonds. The number of rotatable bonds is 5. The fraction of sp³-hybridized carbons (Fsp3) is 0.316. The second-order valence-corrected chi connectivity index (χ2v) is 6.19. The van der Waals surface area contributed by atoms with Crippen LogP contribution in [0.25, 0.3) is 5.65 Å². The molecular weight excluding hydrogens is 289 g/mol. The van der Waals surface area contributed by atoms with Gasteiger partial charge in [0.15, 0.2) is 0 Å². The van der Waals surface area contributed by atoms with Crippen LogP contribution in [-0.4, -0.2) is 15.9 Å². The first-order valence-electron chi connectivity index (χ1n) is 8.02. The fourth-order valence-electron chi connectivity index (χ4n) is 2.87. The minimum Gasteiger partial charge on any atom is -0.330 e. The van der Waals surface area contributed by atoms with Crippen LogP contribution in [0.3, 0.4) is 0 Å². The van der Waals surface area contributed by atoms with E-state index in [1.165, 1.54) is 23.4 Å². The summed E-state index contributed by atoms with van der Waals surface area (Å²) in [5, 5.41) is 0. The van der Waals surface area contributed by atoms with E-state index in [1.807, 2.05) is 4.40 Å². The Hall–Kier alpha value is -2.20.